The summed E-state index contributed by atoms with van der Waals surface area (Å²) in [6, 6.07) is 7.60. The minimum atomic E-state index is -0.467. The molecule has 0 atom stereocenters. The molecule has 7 heteroatoms. The molecule has 0 amide bonds. The predicted molar refractivity (Wildman–Crippen MR) is 76.9 cm³/mol. The lowest BCUT2D eigenvalue weighted by molar-refractivity contribution is -0.384. The van der Waals surface area contributed by atoms with E-state index >= 15 is 0 Å². The van der Waals surface area contributed by atoms with Crippen molar-refractivity contribution in [3.05, 3.63) is 50.9 Å². The van der Waals surface area contributed by atoms with Crippen LogP contribution in [0.5, 0.6) is 11.6 Å². The molecule has 0 saturated heterocycles. The molecule has 2 rings (SSSR count). The largest absolute Gasteiger partial charge is 0.439 e. The molecule has 0 spiro atoms. The molecule has 0 bridgehead atoms. The summed E-state index contributed by atoms with van der Waals surface area (Å²) in [7, 11) is 0. The van der Waals surface area contributed by atoms with Crippen LogP contribution >= 0.6 is 15.9 Å². The Balaban J connectivity index is 2.25. The van der Waals surface area contributed by atoms with E-state index in [-0.39, 0.29) is 5.69 Å². The maximum atomic E-state index is 10.7. The van der Waals surface area contributed by atoms with Gasteiger partial charge in [-0.1, -0.05) is 13.0 Å². The maximum absolute atomic E-state index is 10.7. The van der Waals surface area contributed by atoms with Gasteiger partial charge in [0.05, 0.1) is 11.0 Å². The van der Waals surface area contributed by atoms with Gasteiger partial charge in [-0.2, -0.15) is 4.98 Å². The molecule has 0 unspecified atom stereocenters. The number of nitro benzene ring substituents is 1. The molecule has 1 aromatic carbocycles. The number of hydrogen-bond donors (Lipinski definition) is 0. The van der Waals surface area contributed by atoms with Crippen LogP contribution in [0, 0.1) is 10.1 Å². The monoisotopic (exact) mass is 337 g/mol. The van der Waals surface area contributed by atoms with Gasteiger partial charge in [-0.3, -0.25) is 10.1 Å². The zero-order chi connectivity index (χ0) is 14.5. The fourth-order valence-corrected chi connectivity index (χ4v) is 2.01. The third-order valence-corrected chi connectivity index (χ3v) is 2.85. The number of halogens is 1. The molecule has 2 aromatic rings. The minimum Gasteiger partial charge on any atom is -0.439 e. The van der Waals surface area contributed by atoms with Gasteiger partial charge < -0.3 is 4.74 Å². The van der Waals surface area contributed by atoms with Crippen LogP contribution in [-0.4, -0.2) is 14.9 Å². The second-order valence-corrected chi connectivity index (χ2v) is 4.86. The van der Waals surface area contributed by atoms with Crippen LogP contribution in [0.15, 0.2) is 34.9 Å². The zero-order valence-electron chi connectivity index (χ0n) is 10.7. The van der Waals surface area contributed by atoms with E-state index in [1.54, 1.807) is 18.2 Å². The molecule has 6 nitrogen and oxygen atoms in total. The Bertz CT molecular complexity index is 634. The van der Waals surface area contributed by atoms with Gasteiger partial charge in [0.25, 0.3) is 5.69 Å². The summed E-state index contributed by atoms with van der Waals surface area (Å²) in [5.74, 6) is 1.39. The highest BCUT2D eigenvalue weighted by molar-refractivity contribution is 9.10. The van der Waals surface area contributed by atoms with Gasteiger partial charge in [-0.15, -0.1) is 0 Å². The summed E-state index contributed by atoms with van der Waals surface area (Å²) >= 11 is 3.29. The van der Waals surface area contributed by atoms with Crippen LogP contribution in [0.3, 0.4) is 0 Å². The van der Waals surface area contributed by atoms with Crippen molar-refractivity contribution in [2.75, 3.05) is 0 Å². The average molecular weight is 338 g/mol. The lowest BCUT2D eigenvalue weighted by Gasteiger charge is -2.06. The van der Waals surface area contributed by atoms with E-state index in [0.29, 0.717) is 22.1 Å². The van der Waals surface area contributed by atoms with Crippen molar-refractivity contribution in [1.82, 2.24) is 9.97 Å². The summed E-state index contributed by atoms with van der Waals surface area (Å²) < 4.78 is 6.17. The van der Waals surface area contributed by atoms with E-state index in [1.165, 1.54) is 12.1 Å². The van der Waals surface area contributed by atoms with E-state index in [9.17, 15) is 10.1 Å². The fourth-order valence-electron chi connectivity index (χ4n) is 1.61. The molecular formula is C13H12BrN3O3. The van der Waals surface area contributed by atoms with Gasteiger partial charge in [0, 0.05) is 18.6 Å². The summed E-state index contributed by atoms with van der Waals surface area (Å²) in [5.41, 5.74) is -0.0237. The molecule has 0 N–H and O–H groups in total. The van der Waals surface area contributed by atoms with Crippen molar-refractivity contribution in [2.24, 2.45) is 0 Å². The number of nitro groups is 1. The molecule has 0 fully saturated rings. The molecule has 0 radical (unpaired) electrons. The van der Waals surface area contributed by atoms with E-state index in [4.69, 9.17) is 4.74 Å². The van der Waals surface area contributed by atoms with Crippen LogP contribution in [0.1, 0.15) is 19.2 Å². The first-order valence-corrected chi connectivity index (χ1v) is 6.83. The third kappa shape index (κ3) is 3.74. The van der Waals surface area contributed by atoms with E-state index in [0.717, 1.165) is 12.8 Å². The van der Waals surface area contributed by atoms with E-state index in [2.05, 4.69) is 25.9 Å². The molecule has 1 heterocycles. The Kier molecular flexibility index (Phi) is 4.62. The number of nitrogens with zero attached hydrogens (tertiary/aromatic N) is 3. The smallest absolute Gasteiger partial charge is 0.273 e. The summed E-state index contributed by atoms with van der Waals surface area (Å²) in [4.78, 5) is 18.7. The van der Waals surface area contributed by atoms with Crippen molar-refractivity contribution in [3.8, 4) is 11.6 Å². The predicted octanol–water partition coefficient (Wildman–Crippen LogP) is 3.89. The Morgan fingerprint density at radius 2 is 2.15 bits per heavy atom. The van der Waals surface area contributed by atoms with Gasteiger partial charge in [0.15, 0.2) is 0 Å². The zero-order valence-corrected chi connectivity index (χ0v) is 12.3. The topological polar surface area (TPSA) is 78.2 Å². The number of aryl methyl sites for hydroxylation is 1. The van der Waals surface area contributed by atoms with E-state index in [1.807, 2.05) is 6.92 Å². The molecule has 0 saturated carbocycles. The highest BCUT2D eigenvalue weighted by Crippen LogP contribution is 2.25. The van der Waals surface area contributed by atoms with Crippen LogP contribution in [0.4, 0.5) is 5.69 Å². The van der Waals surface area contributed by atoms with Crippen LogP contribution in [-0.2, 0) is 6.42 Å². The number of aromatic nitrogens is 2. The molecular weight excluding hydrogens is 326 g/mol. The quantitative estimate of drug-likeness (QED) is 0.469. The number of hydrogen-bond acceptors (Lipinski definition) is 5. The molecule has 0 aliphatic rings. The average Bonchev–Trinajstić information content (AvgIpc) is 2.38. The number of non-ortho nitro benzene ring substituents is 1. The van der Waals surface area contributed by atoms with Gasteiger partial charge in [-0.25, -0.2) is 4.98 Å². The molecule has 1 aromatic heterocycles. The van der Waals surface area contributed by atoms with Gasteiger partial charge >= 0.3 is 0 Å². The molecule has 104 valence electrons. The highest BCUT2D eigenvalue weighted by atomic mass is 79.9. The standard InChI is InChI=1S/C13H12BrN3O3/c1-2-4-12-15-11(14)8-13(16-12)20-10-6-3-5-9(7-10)17(18)19/h3,5-8H,2,4H2,1H3. The number of benzene rings is 1. The lowest BCUT2D eigenvalue weighted by Crippen LogP contribution is -1.98. The number of ether oxygens (including phenoxy) is 1. The van der Waals surface area contributed by atoms with E-state index < -0.39 is 4.92 Å². The first-order chi connectivity index (χ1) is 9.58. The highest BCUT2D eigenvalue weighted by Gasteiger charge is 2.09. The van der Waals surface area contributed by atoms with Gasteiger partial charge in [0.1, 0.15) is 16.2 Å². The van der Waals surface area contributed by atoms with Crippen molar-refractivity contribution >= 4 is 21.6 Å². The van der Waals surface area contributed by atoms with Crippen LogP contribution < -0.4 is 4.74 Å². The Morgan fingerprint density at radius 3 is 2.85 bits per heavy atom. The summed E-state index contributed by atoms with van der Waals surface area (Å²) in [6.45, 7) is 2.03. The maximum Gasteiger partial charge on any atom is 0.273 e. The van der Waals surface area contributed by atoms with Crippen molar-refractivity contribution < 1.29 is 9.66 Å². The lowest BCUT2D eigenvalue weighted by atomic mass is 10.3. The minimum absolute atomic E-state index is 0.0237. The summed E-state index contributed by atoms with van der Waals surface area (Å²) in [6.07, 6.45) is 1.66. The summed E-state index contributed by atoms with van der Waals surface area (Å²) in [5, 5.41) is 10.7. The van der Waals surface area contributed by atoms with Crippen molar-refractivity contribution in [1.29, 1.82) is 0 Å². The van der Waals surface area contributed by atoms with Gasteiger partial charge in [-0.05, 0) is 28.4 Å². The number of rotatable bonds is 5. The second kappa shape index (κ2) is 6.42. The Labute approximate surface area is 124 Å². The molecule has 0 aliphatic heterocycles. The normalized spacial score (nSPS) is 10.3. The SMILES string of the molecule is CCCc1nc(Br)cc(Oc2cccc([N+](=O)[O-])c2)n1. The molecule has 0 aliphatic carbocycles. The fraction of sp³-hybridized carbons (Fsp3) is 0.231. The third-order valence-electron chi connectivity index (χ3n) is 2.44. The van der Waals surface area contributed by atoms with Gasteiger partial charge in [0.2, 0.25) is 5.88 Å². The van der Waals surface area contributed by atoms with Crippen LogP contribution in [0.25, 0.3) is 0 Å². The van der Waals surface area contributed by atoms with Crippen molar-refractivity contribution in [3.63, 3.8) is 0 Å². The first-order valence-electron chi connectivity index (χ1n) is 6.04. The first kappa shape index (κ1) is 14.4. The Hall–Kier alpha value is -2.02. The second-order valence-electron chi connectivity index (χ2n) is 4.05. The Morgan fingerprint density at radius 1 is 1.35 bits per heavy atom. The van der Waals surface area contributed by atoms with Crippen molar-refractivity contribution in [2.45, 2.75) is 19.8 Å². The molecule has 20 heavy (non-hydrogen) atoms. The van der Waals surface area contributed by atoms with Crippen LogP contribution in [0.2, 0.25) is 0 Å².